The third-order valence-corrected chi connectivity index (χ3v) is 5.63. The van der Waals surface area contributed by atoms with Gasteiger partial charge in [0.25, 0.3) is 0 Å². The van der Waals surface area contributed by atoms with E-state index in [1.54, 1.807) is 23.1 Å². The number of carbonyl (C=O) groups is 1. The van der Waals surface area contributed by atoms with E-state index >= 15 is 0 Å². The van der Waals surface area contributed by atoms with E-state index in [0.29, 0.717) is 11.2 Å². The minimum absolute atomic E-state index is 0.194. The number of carbonyl (C=O) groups excluding carboxylic acids is 1. The van der Waals surface area contributed by atoms with Gasteiger partial charge in [0.2, 0.25) is 5.91 Å². The molecule has 34 heavy (non-hydrogen) atoms. The van der Waals surface area contributed by atoms with Crippen LogP contribution in [0.3, 0.4) is 0 Å². The Morgan fingerprint density at radius 3 is 2.26 bits per heavy atom. The van der Waals surface area contributed by atoms with Gasteiger partial charge >= 0.3 is 0 Å². The number of aromatic nitrogens is 4. The van der Waals surface area contributed by atoms with Crippen LogP contribution in [-0.2, 0) is 16.6 Å². The minimum atomic E-state index is -2.30. The molecular weight excluding hydrogens is 419 g/mol. The van der Waals surface area contributed by atoms with Crippen LogP contribution in [0.4, 0.5) is 5.82 Å². The molecule has 8 nitrogen and oxygen atoms in total. The average Bonchev–Trinajstić information content (AvgIpc) is 3.16. The highest BCUT2D eigenvalue weighted by Gasteiger charge is 2.57. The van der Waals surface area contributed by atoms with Gasteiger partial charge in [0, 0.05) is 36.5 Å². The van der Waals surface area contributed by atoms with Crippen LogP contribution in [0.15, 0.2) is 36.8 Å². The summed E-state index contributed by atoms with van der Waals surface area (Å²) in [5.41, 5.74) is 2.12. The van der Waals surface area contributed by atoms with Crippen molar-refractivity contribution >= 4 is 85.4 Å². The van der Waals surface area contributed by atoms with E-state index in [-0.39, 0.29) is 5.82 Å². The van der Waals surface area contributed by atoms with E-state index in [4.69, 9.17) is 67.5 Å². The van der Waals surface area contributed by atoms with Gasteiger partial charge in [-0.3, -0.25) is 9.48 Å². The number of nitrogens with zero attached hydrogens (tertiary/aromatic N) is 5. The van der Waals surface area contributed by atoms with Gasteiger partial charge in [-0.05, 0) is 33.6 Å². The second kappa shape index (κ2) is 8.12. The third-order valence-electron chi connectivity index (χ3n) is 5.63. The Bertz CT molecular complexity index is 1240. The highest BCUT2D eigenvalue weighted by atomic mass is 16.5. The molecule has 0 unspecified atom stereocenters. The van der Waals surface area contributed by atoms with Gasteiger partial charge in [-0.2, -0.15) is 5.10 Å². The van der Waals surface area contributed by atoms with Crippen LogP contribution in [0.1, 0.15) is 0 Å². The van der Waals surface area contributed by atoms with Crippen LogP contribution in [0.25, 0.3) is 22.2 Å². The van der Waals surface area contributed by atoms with Crippen molar-refractivity contribution in [3.8, 4) is 11.3 Å². The Morgan fingerprint density at radius 2 is 1.68 bits per heavy atom. The molecule has 1 amide bonds. The molecule has 0 aromatic carbocycles. The van der Waals surface area contributed by atoms with Crippen LogP contribution >= 0.6 is 0 Å². The lowest BCUT2D eigenvalue weighted by Gasteiger charge is -2.70. The molecule has 1 N–H and O–H groups in total. The Balaban J connectivity index is 1.58. The first-order chi connectivity index (χ1) is 15.6. The molecule has 3 aromatic heterocycles. The van der Waals surface area contributed by atoms with Gasteiger partial charge in [0.1, 0.15) is 5.82 Å². The van der Waals surface area contributed by atoms with Crippen molar-refractivity contribution in [2.75, 3.05) is 11.9 Å². The van der Waals surface area contributed by atoms with Crippen LogP contribution in [0.5, 0.6) is 0 Å². The van der Waals surface area contributed by atoms with Crippen molar-refractivity contribution in [2.24, 2.45) is 7.05 Å². The van der Waals surface area contributed by atoms with E-state index in [2.05, 4.69) is 20.4 Å². The van der Waals surface area contributed by atoms with Crippen LogP contribution in [-0.4, -0.2) is 121 Å². The maximum atomic E-state index is 12.9. The Kier molecular flexibility index (Phi) is 5.92. The molecule has 4 rings (SSSR count). The Labute approximate surface area is 208 Å². The largest absolute Gasteiger partial charge is 0.406 e. The Hall–Kier alpha value is -2.32. The topological polar surface area (TPSA) is 85.2 Å². The van der Waals surface area contributed by atoms with Gasteiger partial charge in [-0.15, -0.1) is 0 Å². The van der Waals surface area contributed by atoms with Crippen LogP contribution in [0.2, 0.25) is 0 Å². The monoisotopic (exact) mass is 432 g/mol. The van der Waals surface area contributed by atoms with Gasteiger partial charge in [0.15, 0.2) is 0 Å². The summed E-state index contributed by atoms with van der Waals surface area (Å²) in [6, 6.07) is 5.30. The number of fused-ring (bicyclic) bond motifs is 1. The average molecular weight is 431 g/mol. The number of aryl methyl sites for hydroxylation is 1. The quantitative estimate of drug-likeness (QED) is 0.452. The fourth-order valence-corrected chi connectivity index (χ4v) is 3.56. The number of pyridine rings is 2. The zero-order chi connectivity index (χ0) is 25.1. The van der Waals surface area contributed by atoms with Gasteiger partial charge in [-0.25, -0.2) is 9.97 Å². The van der Waals surface area contributed by atoms with Crippen molar-refractivity contribution in [1.29, 1.82) is 0 Å². The fraction of sp³-hybridized carbons (Fsp3) is 0.333. The third kappa shape index (κ3) is 4.15. The fourth-order valence-electron chi connectivity index (χ4n) is 3.56. The highest BCUT2D eigenvalue weighted by molar-refractivity contribution is 6.59. The predicted octanol–water partition coefficient (Wildman–Crippen LogP) is -2.74. The first kappa shape index (κ1) is 24.8. The summed E-state index contributed by atoms with van der Waals surface area (Å²) < 4.78 is 6.80. The second-order valence-electron chi connectivity index (χ2n) is 8.33. The second-order valence-corrected chi connectivity index (χ2v) is 8.33. The first-order valence-corrected chi connectivity index (χ1v) is 9.99. The summed E-state index contributed by atoms with van der Waals surface area (Å²) in [5, 5.41) is -1.55. The summed E-state index contributed by atoms with van der Waals surface area (Å²) in [5.74, 6) is -0.469. The van der Waals surface area contributed by atoms with Crippen molar-refractivity contribution in [2.45, 2.75) is 21.5 Å². The molecule has 4 heterocycles. The molecule has 1 aliphatic heterocycles. The van der Waals surface area contributed by atoms with E-state index < -0.39 is 33.9 Å². The molecule has 0 bridgehead atoms. The number of hydrogen-bond donors (Lipinski definition) is 1. The zero-order valence-corrected chi connectivity index (χ0v) is 18.3. The SMILES string of the molecule is [B]C1([B])OC([B])([B])C([B])([B])N(CC(=O)Nc2cc3nc(-c4cnn(C)c4)ccc3cn2)C1([B])[B]. The summed E-state index contributed by atoms with van der Waals surface area (Å²) in [4.78, 5) is 22.5. The summed E-state index contributed by atoms with van der Waals surface area (Å²) in [6.45, 7) is -0.599. The summed E-state index contributed by atoms with van der Waals surface area (Å²) >= 11 is 0. The van der Waals surface area contributed by atoms with Gasteiger partial charge < -0.3 is 15.0 Å². The van der Waals surface area contributed by atoms with Gasteiger partial charge in [0.05, 0.1) is 86.7 Å². The number of morpholine rings is 1. The van der Waals surface area contributed by atoms with E-state index in [1.165, 1.54) is 0 Å². The smallest absolute Gasteiger partial charge is 0.239 e. The maximum absolute atomic E-state index is 12.9. The van der Waals surface area contributed by atoms with Crippen molar-refractivity contribution in [3.05, 3.63) is 36.8 Å². The lowest BCUT2D eigenvalue weighted by molar-refractivity contribution is -0.131. The number of rotatable bonds is 4. The van der Waals surface area contributed by atoms with Crippen LogP contribution < -0.4 is 5.32 Å². The lowest BCUT2D eigenvalue weighted by Crippen LogP contribution is -2.86. The number of hydrogen-bond acceptors (Lipinski definition) is 6. The zero-order valence-electron chi connectivity index (χ0n) is 18.3. The number of anilines is 1. The molecule has 0 spiro atoms. The summed E-state index contributed by atoms with van der Waals surface area (Å²) in [7, 11) is 49.3. The molecule has 16 radical (unpaired) electrons. The van der Waals surface area contributed by atoms with Crippen molar-refractivity contribution in [3.63, 3.8) is 0 Å². The number of ether oxygens (including phenoxy) is 1. The first-order valence-electron chi connectivity index (χ1n) is 9.99. The van der Waals surface area contributed by atoms with Crippen molar-refractivity contribution < 1.29 is 9.53 Å². The normalized spacial score (nSPS) is 20.6. The van der Waals surface area contributed by atoms with Gasteiger partial charge in [-0.1, -0.05) is 0 Å². The maximum Gasteiger partial charge on any atom is 0.239 e. The van der Waals surface area contributed by atoms with E-state index in [1.807, 2.05) is 25.4 Å². The highest BCUT2D eigenvalue weighted by Crippen LogP contribution is 2.39. The lowest BCUT2D eigenvalue weighted by atomic mass is 9.30. The molecule has 0 atom stereocenters. The van der Waals surface area contributed by atoms with Crippen LogP contribution in [0, 0.1) is 0 Å². The number of amides is 1. The standard InChI is InChI=1S/C18H12B8N6O2/c1-31-7-10(6-28-31)11-3-2-9-5-27-13(4-12(9)29-11)30-14(33)8-32-15(19,20)17(23,24)34-18(25,26)16(32,21)22/h2-7H,8H2,1H3,(H,27,30,33). The molecule has 0 saturated carbocycles. The molecule has 1 saturated heterocycles. The van der Waals surface area contributed by atoms with Crippen molar-refractivity contribution in [1.82, 2.24) is 24.6 Å². The predicted molar refractivity (Wildman–Crippen MR) is 135 cm³/mol. The summed E-state index contributed by atoms with van der Waals surface area (Å²) in [6.07, 6.45) is 5.09. The molecular formula is C18H12B8N6O2. The minimum Gasteiger partial charge on any atom is -0.406 e. The molecule has 1 fully saturated rings. The molecule has 16 heteroatoms. The Morgan fingerprint density at radius 1 is 1.03 bits per heavy atom. The molecule has 150 valence electrons. The van der Waals surface area contributed by atoms with E-state index in [9.17, 15) is 4.79 Å². The molecule has 3 aromatic rings. The number of nitrogens with one attached hydrogen (secondary N) is 1. The molecule has 0 aliphatic carbocycles. The van der Waals surface area contributed by atoms with E-state index in [0.717, 1.165) is 15.8 Å². The molecule has 1 aliphatic rings.